The zero-order valence-corrected chi connectivity index (χ0v) is 9.55. The molecule has 0 aromatic carbocycles. The van der Waals surface area contributed by atoms with Crippen LogP contribution in [0.4, 0.5) is 0 Å². The van der Waals surface area contributed by atoms with Gasteiger partial charge in [-0.3, -0.25) is 4.79 Å². The van der Waals surface area contributed by atoms with Crippen molar-refractivity contribution in [2.24, 2.45) is 5.92 Å². The summed E-state index contributed by atoms with van der Waals surface area (Å²) in [5.41, 5.74) is 0. The molecule has 0 spiro atoms. The zero-order chi connectivity index (χ0) is 10.9. The largest absolute Gasteiger partial charge is 0.371 e. The Labute approximate surface area is 91.8 Å². The molecule has 1 heterocycles. The highest BCUT2D eigenvalue weighted by atomic mass is 16.5. The maximum absolute atomic E-state index is 11.2. The van der Waals surface area contributed by atoms with Crippen LogP contribution in [0.3, 0.4) is 0 Å². The molecule has 0 radical (unpaired) electrons. The Kier molecular flexibility index (Phi) is 6.36. The van der Waals surface area contributed by atoms with E-state index in [1.807, 2.05) is 0 Å². The molecule has 1 saturated heterocycles. The van der Waals surface area contributed by atoms with E-state index in [0.29, 0.717) is 12.5 Å². The molecule has 2 N–H and O–H groups in total. The van der Waals surface area contributed by atoms with Crippen molar-refractivity contribution in [3.05, 3.63) is 0 Å². The lowest BCUT2D eigenvalue weighted by Gasteiger charge is -2.09. The molecule has 1 fully saturated rings. The molecule has 1 amide bonds. The van der Waals surface area contributed by atoms with Gasteiger partial charge in [0.1, 0.15) is 6.61 Å². The summed E-state index contributed by atoms with van der Waals surface area (Å²) in [6, 6.07) is 0. The van der Waals surface area contributed by atoms with Crippen LogP contribution in [-0.2, 0) is 9.53 Å². The average Bonchev–Trinajstić information content (AvgIpc) is 2.71. The van der Waals surface area contributed by atoms with E-state index in [2.05, 4.69) is 17.6 Å². The molecule has 15 heavy (non-hydrogen) atoms. The highest BCUT2D eigenvalue weighted by molar-refractivity contribution is 5.77. The number of ether oxygens (including phenoxy) is 1. The lowest BCUT2D eigenvalue weighted by atomic mass is 10.1. The number of nitrogens with one attached hydrogen (secondary N) is 2. The van der Waals surface area contributed by atoms with Crippen LogP contribution in [-0.4, -0.2) is 38.8 Å². The molecule has 1 atom stereocenters. The minimum Gasteiger partial charge on any atom is -0.371 e. The van der Waals surface area contributed by atoms with Gasteiger partial charge in [-0.15, -0.1) is 0 Å². The minimum atomic E-state index is 0.00871. The van der Waals surface area contributed by atoms with Gasteiger partial charge >= 0.3 is 0 Å². The SMILES string of the molecule is CCCCNC(=O)COCC1CCNC1. The molecule has 0 aromatic rings. The molecule has 1 aliphatic rings. The minimum absolute atomic E-state index is 0.00871. The van der Waals surface area contributed by atoms with Gasteiger partial charge in [0, 0.05) is 13.1 Å². The third kappa shape index (κ3) is 5.74. The van der Waals surface area contributed by atoms with Gasteiger partial charge in [-0.2, -0.15) is 0 Å². The molecule has 4 heteroatoms. The molecule has 0 saturated carbocycles. The molecule has 0 bridgehead atoms. The maximum Gasteiger partial charge on any atom is 0.245 e. The summed E-state index contributed by atoms with van der Waals surface area (Å²) in [5.74, 6) is 0.600. The van der Waals surface area contributed by atoms with Gasteiger partial charge in [-0.25, -0.2) is 0 Å². The van der Waals surface area contributed by atoms with E-state index in [9.17, 15) is 4.79 Å². The fourth-order valence-electron chi connectivity index (χ4n) is 1.63. The molecular formula is C11H22N2O2. The number of amides is 1. The summed E-state index contributed by atoms with van der Waals surface area (Å²) in [6.45, 7) is 5.89. The summed E-state index contributed by atoms with van der Waals surface area (Å²) in [4.78, 5) is 11.2. The van der Waals surface area contributed by atoms with Crippen LogP contribution < -0.4 is 10.6 Å². The topological polar surface area (TPSA) is 50.4 Å². The van der Waals surface area contributed by atoms with Crippen LogP contribution >= 0.6 is 0 Å². The molecule has 0 aliphatic carbocycles. The molecule has 88 valence electrons. The quantitative estimate of drug-likeness (QED) is 0.608. The van der Waals surface area contributed by atoms with Crippen molar-refractivity contribution in [2.45, 2.75) is 26.2 Å². The van der Waals surface area contributed by atoms with Gasteiger partial charge in [0.05, 0.1) is 6.61 Å². The summed E-state index contributed by atoms with van der Waals surface area (Å²) >= 11 is 0. The second-order valence-electron chi connectivity index (χ2n) is 4.08. The van der Waals surface area contributed by atoms with Crippen LogP contribution in [0.15, 0.2) is 0 Å². The number of hydrogen-bond donors (Lipinski definition) is 2. The Morgan fingerprint density at radius 3 is 3.13 bits per heavy atom. The summed E-state index contributed by atoms with van der Waals surface area (Å²) in [6.07, 6.45) is 3.31. The van der Waals surface area contributed by atoms with Crippen LogP contribution in [0.5, 0.6) is 0 Å². The first-order valence-corrected chi connectivity index (χ1v) is 5.88. The highest BCUT2D eigenvalue weighted by Crippen LogP contribution is 2.06. The first-order chi connectivity index (χ1) is 7.33. The fraction of sp³-hybridized carbons (Fsp3) is 0.909. The van der Waals surface area contributed by atoms with Crippen molar-refractivity contribution in [2.75, 3.05) is 32.8 Å². The van der Waals surface area contributed by atoms with Crippen LogP contribution in [0.25, 0.3) is 0 Å². The Morgan fingerprint density at radius 1 is 1.60 bits per heavy atom. The van der Waals surface area contributed by atoms with E-state index in [1.54, 1.807) is 0 Å². The second kappa shape index (κ2) is 7.65. The van der Waals surface area contributed by atoms with Crippen molar-refractivity contribution < 1.29 is 9.53 Å². The fourth-order valence-corrected chi connectivity index (χ4v) is 1.63. The number of carbonyl (C=O) groups is 1. The monoisotopic (exact) mass is 214 g/mol. The number of carbonyl (C=O) groups excluding carboxylic acids is 1. The summed E-state index contributed by atoms with van der Waals surface area (Å²) in [7, 11) is 0. The maximum atomic E-state index is 11.2. The van der Waals surface area contributed by atoms with Crippen molar-refractivity contribution in [1.82, 2.24) is 10.6 Å². The number of rotatable bonds is 7. The lowest BCUT2D eigenvalue weighted by Crippen LogP contribution is -2.29. The molecular weight excluding hydrogens is 192 g/mol. The van der Waals surface area contributed by atoms with E-state index in [-0.39, 0.29) is 12.5 Å². The van der Waals surface area contributed by atoms with Crippen molar-refractivity contribution in [3.63, 3.8) is 0 Å². The van der Waals surface area contributed by atoms with Crippen molar-refractivity contribution in [1.29, 1.82) is 0 Å². The van der Waals surface area contributed by atoms with Crippen LogP contribution in [0, 0.1) is 5.92 Å². The van der Waals surface area contributed by atoms with Gasteiger partial charge in [0.25, 0.3) is 0 Å². The first kappa shape index (κ1) is 12.5. The number of unbranched alkanes of at least 4 members (excludes halogenated alkanes) is 1. The Morgan fingerprint density at radius 2 is 2.47 bits per heavy atom. The zero-order valence-electron chi connectivity index (χ0n) is 9.55. The Balaban J connectivity index is 1.91. The standard InChI is InChI=1S/C11H22N2O2/c1-2-3-5-13-11(14)9-15-8-10-4-6-12-7-10/h10,12H,2-9H2,1H3,(H,13,14). The van der Waals surface area contributed by atoms with Gasteiger partial charge in [-0.1, -0.05) is 13.3 Å². The highest BCUT2D eigenvalue weighted by Gasteiger charge is 2.14. The molecule has 0 aromatic heterocycles. The van der Waals surface area contributed by atoms with E-state index >= 15 is 0 Å². The van der Waals surface area contributed by atoms with Gasteiger partial charge in [0.2, 0.25) is 5.91 Å². The van der Waals surface area contributed by atoms with E-state index in [0.717, 1.165) is 38.9 Å². The van der Waals surface area contributed by atoms with E-state index < -0.39 is 0 Å². The van der Waals surface area contributed by atoms with Crippen molar-refractivity contribution in [3.8, 4) is 0 Å². The van der Waals surface area contributed by atoms with Crippen LogP contribution in [0.2, 0.25) is 0 Å². The first-order valence-electron chi connectivity index (χ1n) is 5.88. The van der Waals surface area contributed by atoms with Crippen LogP contribution in [0.1, 0.15) is 26.2 Å². The Bertz CT molecular complexity index is 179. The van der Waals surface area contributed by atoms with E-state index in [4.69, 9.17) is 4.74 Å². The lowest BCUT2D eigenvalue weighted by molar-refractivity contribution is -0.126. The predicted octanol–water partition coefficient (Wildman–Crippen LogP) is 0.529. The smallest absolute Gasteiger partial charge is 0.245 e. The third-order valence-corrected chi connectivity index (χ3v) is 2.60. The average molecular weight is 214 g/mol. The number of hydrogen-bond acceptors (Lipinski definition) is 3. The van der Waals surface area contributed by atoms with Crippen molar-refractivity contribution >= 4 is 5.91 Å². The molecule has 1 rings (SSSR count). The van der Waals surface area contributed by atoms with Gasteiger partial charge < -0.3 is 15.4 Å². The molecule has 4 nitrogen and oxygen atoms in total. The predicted molar refractivity (Wildman–Crippen MR) is 59.7 cm³/mol. The molecule has 1 aliphatic heterocycles. The molecule has 1 unspecified atom stereocenters. The van der Waals surface area contributed by atoms with Gasteiger partial charge in [0.15, 0.2) is 0 Å². The normalized spacial score (nSPS) is 20.5. The summed E-state index contributed by atoms with van der Waals surface area (Å²) in [5, 5.41) is 6.10. The van der Waals surface area contributed by atoms with E-state index in [1.165, 1.54) is 0 Å². The van der Waals surface area contributed by atoms with Gasteiger partial charge in [-0.05, 0) is 25.3 Å². The second-order valence-corrected chi connectivity index (χ2v) is 4.08. The summed E-state index contributed by atoms with van der Waals surface area (Å²) < 4.78 is 5.36. The Hall–Kier alpha value is -0.610. The third-order valence-electron chi connectivity index (χ3n) is 2.60.